The van der Waals surface area contributed by atoms with Gasteiger partial charge < -0.3 is 19.3 Å². The van der Waals surface area contributed by atoms with Gasteiger partial charge in [0.25, 0.3) is 0 Å². The fourth-order valence-corrected chi connectivity index (χ4v) is 3.90. The highest BCUT2D eigenvalue weighted by molar-refractivity contribution is 9.10. The SMILES string of the molecule is CC(C)(C)OC(=O)Cc1cc(N2CCN(C(=O)OC(C)(C)C)CC2)c(Br)cc1Cl. The Labute approximate surface area is 186 Å². The zero-order valence-electron chi connectivity index (χ0n) is 18.0. The molecule has 0 N–H and O–H groups in total. The van der Waals surface area contributed by atoms with Gasteiger partial charge in [0.1, 0.15) is 11.2 Å². The molecule has 162 valence electrons. The highest BCUT2D eigenvalue weighted by atomic mass is 79.9. The molecule has 2 rings (SSSR count). The summed E-state index contributed by atoms with van der Waals surface area (Å²) in [5.41, 5.74) is 0.606. The highest BCUT2D eigenvalue weighted by Crippen LogP contribution is 2.33. The normalized spacial score (nSPS) is 15.3. The summed E-state index contributed by atoms with van der Waals surface area (Å²) in [6.45, 7) is 13.5. The lowest BCUT2D eigenvalue weighted by Gasteiger charge is -2.37. The van der Waals surface area contributed by atoms with Crippen molar-refractivity contribution in [3.8, 4) is 0 Å². The van der Waals surface area contributed by atoms with E-state index in [4.69, 9.17) is 21.1 Å². The van der Waals surface area contributed by atoms with Gasteiger partial charge >= 0.3 is 12.1 Å². The van der Waals surface area contributed by atoms with Crippen LogP contribution >= 0.6 is 27.5 Å². The van der Waals surface area contributed by atoms with Crippen LogP contribution in [-0.2, 0) is 20.7 Å². The summed E-state index contributed by atoms with van der Waals surface area (Å²) in [6.07, 6.45) is -0.188. The van der Waals surface area contributed by atoms with Crippen LogP contribution in [0.15, 0.2) is 16.6 Å². The number of esters is 1. The molecule has 1 fully saturated rings. The third-order valence-electron chi connectivity index (χ3n) is 4.14. The van der Waals surface area contributed by atoms with Crippen LogP contribution in [0.4, 0.5) is 10.5 Å². The van der Waals surface area contributed by atoms with E-state index in [2.05, 4.69) is 20.8 Å². The maximum atomic E-state index is 12.3. The van der Waals surface area contributed by atoms with Crippen LogP contribution in [0.3, 0.4) is 0 Å². The third kappa shape index (κ3) is 7.37. The molecule has 1 aromatic rings. The molecule has 1 aliphatic rings. The molecular weight excluding hydrogens is 460 g/mol. The summed E-state index contributed by atoms with van der Waals surface area (Å²) in [4.78, 5) is 28.4. The predicted octanol–water partition coefficient (Wildman–Crippen LogP) is 5.04. The van der Waals surface area contributed by atoms with Gasteiger partial charge in [-0.1, -0.05) is 11.6 Å². The van der Waals surface area contributed by atoms with Crippen LogP contribution in [0.2, 0.25) is 5.02 Å². The van der Waals surface area contributed by atoms with Gasteiger partial charge in [0, 0.05) is 35.7 Å². The Morgan fingerprint density at radius 2 is 1.55 bits per heavy atom. The number of carbonyl (C=O) groups is 2. The van der Waals surface area contributed by atoms with Crippen molar-refractivity contribution >= 4 is 45.3 Å². The fourth-order valence-electron chi connectivity index (χ4n) is 2.95. The maximum Gasteiger partial charge on any atom is 0.410 e. The smallest absolute Gasteiger partial charge is 0.410 e. The molecule has 1 aliphatic heterocycles. The van der Waals surface area contributed by atoms with Crippen molar-refractivity contribution in [1.82, 2.24) is 4.90 Å². The van der Waals surface area contributed by atoms with E-state index < -0.39 is 11.2 Å². The maximum absolute atomic E-state index is 12.3. The van der Waals surface area contributed by atoms with E-state index in [0.29, 0.717) is 36.8 Å². The van der Waals surface area contributed by atoms with Crippen molar-refractivity contribution in [2.24, 2.45) is 0 Å². The lowest BCUT2D eigenvalue weighted by molar-refractivity contribution is -0.153. The average Bonchev–Trinajstić information content (AvgIpc) is 2.54. The van der Waals surface area contributed by atoms with Gasteiger partial charge in [-0.25, -0.2) is 4.79 Å². The second kappa shape index (κ2) is 9.13. The molecule has 0 spiro atoms. The monoisotopic (exact) mass is 488 g/mol. The Morgan fingerprint density at radius 1 is 1.00 bits per heavy atom. The molecule has 6 nitrogen and oxygen atoms in total. The van der Waals surface area contributed by atoms with Gasteiger partial charge in [0.05, 0.1) is 12.1 Å². The van der Waals surface area contributed by atoms with Crippen molar-refractivity contribution in [2.75, 3.05) is 31.1 Å². The molecule has 0 bridgehead atoms. The van der Waals surface area contributed by atoms with Crippen LogP contribution in [0, 0.1) is 0 Å². The van der Waals surface area contributed by atoms with Crippen molar-refractivity contribution in [2.45, 2.75) is 59.2 Å². The molecule has 0 radical (unpaired) electrons. The second-order valence-electron chi connectivity index (χ2n) is 9.11. The summed E-state index contributed by atoms with van der Waals surface area (Å²) < 4.78 is 11.7. The minimum Gasteiger partial charge on any atom is -0.460 e. The molecule has 0 saturated carbocycles. The van der Waals surface area contributed by atoms with Gasteiger partial charge in [-0.05, 0) is 75.2 Å². The minimum absolute atomic E-state index is 0.105. The molecule has 0 atom stereocenters. The molecule has 1 heterocycles. The molecule has 1 saturated heterocycles. The molecule has 1 amide bonds. The number of rotatable bonds is 3. The van der Waals surface area contributed by atoms with E-state index in [1.165, 1.54) is 0 Å². The molecule has 0 unspecified atom stereocenters. The first-order valence-electron chi connectivity index (χ1n) is 9.68. The zero-order chi connectivity index (χ0) is 22.0. The number of piperazine rings is 1. The first kappa shape index (κ1) is 23.8. The summed E-state index contributed by atoms with van der Waals surface area (Å²) >= 11 is 9.92. The van der Waals surface area contributed by atoms with E-state index >= 15 is 0 Å². The molecule has 1 aromatic carbocycles. The van der Waals surface area contributed by atoms with Crippen LogP contribution in [0.25, 0.3) is 0 Å². The van der Waals surface area contributed by atoms with Crippen molar-refractivity contribution in [1.29, 1.82) is 0 Å². The number of benzene rings is 1. The fraction of sp³-hybridized carbons (Fsp3) is 0.619. The van der Waals surface area contributed by atoms with Gasteiger partial charge in [-0.3, -0.25) is 4.79 Å². The minimum atomic E-state index is -0.542. The highest BCUT2D eigenvalue weighted by Gasteiger charge is 2.27. The van der Waals surface area contributed by atoms with E-state index in [1.54, 1.807) is 11.0 Å². The number of hydrogen-bond donors (Lipinski definition) is 0. The lowest BCUT2D eigenvalue weighted by Crippen LogP contribution is -2.50. The van der Waals surface area contributed by atoms with Crippen LogP contribution in [0.1, 0.15) is 47.1 Å². The molecule has 8 heteroatoms. The van der Waals surface area contributed by atoms with Gasteiger partial charge in [-0.2, -0.15) is 0 Å². The van der Waals surface area contributed by atoms with Gasteiger partial charge in [0.2, 0.25) is 0 Å². The largest absolute Gasteiger partial charge is 0.460 e. The Hall–Kier alpha value is -1.47. The van der Waals surface area contributed by atoms with Crippen LogP contribution in [-0.4, -0.2) is 54.3 Å². The summed E-state index contributed by atoms with van der Waals surface area (Å²) in [5.74, 6) is -0.317. The quantitative estimate of drug-likeness (QED) is 0.557. The number of ether oxygens (including phenoxy) is 2. The first-order valence-corrected chi connectivity index (χ1v) is 10.8. The second-order valence-corrected chi connectivity index (χ2v) is 10.4. The Kier molecular flexibility index (Phi) is 7.49. The van der Waals surface area contributed by atoms with E-state index in [0.717, 1.165) is 10.2 Å². The van der Waals surface area contributed by atoms with E-state index in [9.17, 15) is 9.59 Å². The van der Waals surface area contributed by atoms with Crippen molar-refractivity contribution in [3.63, 3.8) is 0 Å². The number of anilines is 1. The molecule has 29 heavy (non-hydrogen) atoms. The Balaban J connectivity index is 2.08. The number of hydrogen-bond acceptors (Lipinski definition) is 5. The number of halogens is 2. The zero-order valence-corrected chi connectivity index (χ0v) is 20.3. The van der Waals surface area contributed by atoms with Crippen molar-refractivity contribution < 1.29 is 19.1 Å². The van der Waals surface area contributed by atoms with Gasteiger partial charge in [-0.15, -0.1) is 0 Å². The number of carbonyl (C=O) groups excluding carboxylic acids is 2. The third-order valence-corrected chi connectivity index (χ3v) is 5.13. The molecular formula is C21H30BrClN2O4. The Bertz CT molecular complexity index is 763. The van der Waals surface area contributed by atoms with Crippen LogP contribution < -0.4 is 4.90 Å². The van der Waals surface area contributed by atoms with Gasteiger partial charge in [0.15, 0.2) is 0 Å². The molecule has 0 aromatic heterocycles. The summed E-state index contributed by atoms with van der Waals surface area (Å²) in [7, 11) is 0. The summed E-state index contributed by atoms with van der Waals surface area (Å²) in [6, 6.07) is 3.72. The number of nitrogens with zero attached hydrogens (tertiary/aromatic N) is 2. The van der Waals surface area contributed by atoms with Crippen molar-refractivity contribution in [3.05, 3.63) is 27.2 Å². The van der Waals surface area contributed by atoms with E-state index in [1.807, 2.05) is 47.6 Å². The average molecular weight is 490 g/mol. The lowest BCUT2D eigenvalue weighted by atomic mass is 10.1. The predicted molar refractivity (Wildman–Crippen MR) is 119 cm³/mol. The summed E-state index contributed by atoms with van der Waals surface area (Å²) in [5, 5.41) is 0.513. The molecule has 0 aliphatic carbocycles. The first-order chi connectivity index (χ1) is 13.2. The van der Waals surface area contributed by atoms with Crippen LogP contribution in [0.5, 0.6) is 0 Å². The van der Waals surface area contributed by atoms with E-state index in [-0.39, 0.29) is 18.5 Å². The topological polar surface area (TPSA) is 59.1 Å². The Morgan fingerprint density at radius 3 is 2.07 bits per heavy atom. The standard InChI is InChI=1S/C21H30BrClN2O4/c1-20(2,3)28-18(26)12-14-11-17(15(22)13-16(14)23)24-7-9-25(10-8-24)19(27)29-21(4,5)6/h11,13H,7-10,12H2,1-6H3. The number of amides is 1.